The number of likely N-dealkylation sites (tertiary alicyclic amines) is 1. The van der Waals surface area contributed by atoms with Gasteiger partial charge in [0.05, 0.1) is 6.04 Å². The van der Waals surface area contributed by atoms with Crippen LogP contribution in [-0.2, 0) is 4.79 Å². The zero-order chi connectivity index (χ0) is 18.4. The molecule has 1 aromatic rings. The largest absolute Gasteiger partial charge is 0.370 e. The lowest BCUT2D eigenvalue weighted by Gasteiger charge is -2.33. The molecule has 25 heavy (non-hydrogen) atoms. The monoisotopic (exact) mass is 346 g/mol. The number of carbonyl (C=O) groups is 2. The van der Waals surface area contributed by atoms with Crippen LogP contribution in [0, 0.1) is 12.8 Å². The number of aryl methyl sites for hydroxylation is 1. The maximum atomic E-state index is 12.5. The van der Waals surface area contributed by atoms with Gasteiger partial charge in [-0.3, -0.25) is 4.79 Å². The van der Waals surface area contributed by atoms with E-state index in [9.17, 15) is 9.59 Å². The molecule has 0 aliphatic carbocycles. The van der Waals surface area contributed by atoms with Crippen LogP contribution in [0.3, 0.4) is 0 Å². The minimum Gasteiger partial charge on any atom is -0.370 e. The van der Waals surface area contributed by atoms with Crippen LogP contribution in [0.5, 0.6) is 0 Å². The predicted octanol–water partition coefficient (Wildman–Crippen LogP) is 1.89. The smallest absolute Gasteiger partial charge is 0.317 e. The summed E-state index contributed by atoms with van der Waals surface area (Å²) in [6, 6.07) is 8.45. The Hall–Kier alpha value is -2.08. The van der Waals surface area contributed by atoms with Gasteiger partial charge in [0.25, 0.3) is 0 Å². The van der Waals surface area contributed by atoms with Crippen LogP contribution in [0.15, 0.2) is 24.3 Å². The Morgan fingerprint density at radius 3 is 2.60 bits per heavy atom. The number of nitrogens with two attached hydrogens (primary N) is 1. The highest BCUT2D eigenvalue weighted by Gasteiger charge is 2.25. The summed E-state index contributed by atoms with van der Waals surface area (Å²) < 4.78 is 0. The third kappa shape index (κ3) is 5.74. The first-order valence-corrected chi connectivity index (χ1v) is 8.91. The number of hydrogen-bond acceptors (Lipinski definition) is 3. The Morgan fingerprint density at radius 1 is 1.32 bits per heavy atom. The van der Waals surface area contributed by atoms with Crippen molar-refractivity contribution in [3.63, 3.8) is 0 Å². The summed E-state index contributed by atoms with van der Waals surface area (Å²) >= 11 is 0. The molecule has 6 nitrogen and oxygen atoms in total. The van der Waals surface area contributed by atoms with E-state index in [1.807, 2.05) is 14.1 Å². The molecular formula is C19H30N4O2. The van der Waals surface area contributed by atoms with E-state index in [-0.39, 0.29) is 23.9 Å². The second-order valence-corrected chi connectivity index (χ2v) is 7.20. The molecule has 0 aromatic heterocycles. The number of urea groups is 1. The minimum atomic E-state index is -0.292. The molecule has 3 amide bonds. The highest BCUT2D eigenvalue weighted by Crippen LogP contribution is 2.20. The average Bonchev–Trinajstić information content (AvgIpc) is 2.56. The molecule has 138 valence electrons. The number of amides is 3. The second-order valence-electron chi connectivity index (χ2n) is 7.20. The predicted molar refractivity (Wildman–Crippen MR) is 99.1 cm³/mol. The van der Waals surface area contributed by atoms with Gasteiger partial charge in [0.2, 0.25) is 5.91 Å². The van der Waals surface area contributed by atoms with E-state index in [0.29, 0.717) is 19.5 Å². The molecule has 0 saturated carbocycles. The summed E-state index contributed by atoms with van der Waals surface area (Å²) in [6.45, 7) is 3.95. The van der Waals surface area contributed by atoms with E-state index in [2.05, 4.69) is 41.4 Å². The molecule has 1 saturated heterocycles. The van der Waals surface area contributed by atoms with Gasteiger partial charge in [0, 0.05) is 26.1 Å². The zero-order valence-corrected chi connectivity index (χ0v) is 15.5. The van der Waals surface area contributed by atoms with Crippen molar-refractivity contribution in [3.8, 4) is 0 Å². The lowest BCUT2D eigenvalue weighted by molar-refractivity contribution is -0.119. The van der Waals surface area contributed by atoms with Crippen molar-refractivity contribution in [1.29, 1.82) is 0 Å². The maximum Gasteiger partial charge on any atom is 0.317 e. The lowest BCUT2D eigenvalue weighted by atomic mass is 9.95. The van der Waals surface area contributed by atoms with Crippen LogP contribution in [-0.4, -0.2) is 55.5 Å². The first kappa shape index (κ1) is 19.2. The van der Waals surface area contributed by atoms with Crippen LogP contribution < -0.4 is 11.1 Å². The number of benzene rings is 1. The van der Waals surface area contributed by atoms with Crippen molar-refractivity contribution in [2.45, 2.75) is 32.2 Å². The minimum absolute atomic E-state index is 0.0619. The molecular weight excluding hydrogens is 316 g/mol. The SMILES string of the molecule is Cc1ccc([C@H](CNC(=O)N2CCC[C@H](CC(N)=O)C2)N(C)C)cc1. The molecule has 6 heteroatoms. The van der Waals surface area contributed by atoms with Crippen LogP contribution in [0.2, 0.25) is 0 Å². The summed E-state index contributed by atoms with van der Waals surface area (Å²) in [5.41, 5.74) is 7.69. The summed E-state index contributed by atoms with van der Waals surface area (Å²) in [7, 11) is 4.03. The van der Waals surface area contributed by atoms with Gasteiger partial charge in [-0.25, -0.2) is 4.79 Å². The molecule has 2 rings (SSSR count). The van der Waals surface area contributed by atoms with Gasteiger partial charge < -0.3 is 20.9 Å². The van der Waals surface area contributed by atoms with Crippen molar-refractivity contribution >= 4 is 11.9 Å². The average molecular weight is 346 g/mol. The molecule has 2 atom stereocenters. The van der Waals surface area contributed by atoms with Gasteiger partial charge in [0.15, 0.2) is 0 Å². The fourth-order valence-electron chi connectivity index (χ4n) is 3.38. The van der Waals surface area contributed by atoms with Gasteiger partial charge in [-0.05, 0) is 45.3 Å². The molecule has 0 bridgehead atoms. The number of piperidine rings is 1. The number of rotatable bonds is 6. The molecule has 0 spiro atoms. The highest BCUT2D eigenvalue weighted by atomic mass is 16.2. The van der Waals surface area contributed by atoms with Gasteiger partial charge in [-0.2, -0.15) is 0 Å². The lowest BCUT2D eigenvalue weighted by Crippen LogP contribution is -2.47. The van der Waals surface area contributed by atoms with Gasteiger partial charge in [-0.1, -0.05) is 29.8 Å². The van der Waals surface area contributed by atoms with Gasteiger partial charge in [-0.15, -0.1) is 0 Å². The Labute approximate surface area is 150 Å². The Bertz CT molecular complexity index is 586. The molecule has 1 aliphatic heterocycles. The molecule has 1 heterocycles. The van der Waals surface area contributed by atoms with E-state index < -0.39 is 0 Å². The standard InChI is InChI=1S/C19H30N4O2/c1-14-6-8-16(9-7-14)17(22(2)3)12-21-19(25)23-10-4-5-15(13-23)11-18(20)24/h6-9,15,17H,4-5,10-13H2,1-3H3,(H2,20,24)(H,21,25)/t15-,17+/m1/s1. The number of carbonyl (C=O) groups excluding carboxylic acids is 2. The third-order valence-electron chi connectivity index (χ3n) is 4.83. The number of nitrogens with zero attached hydrogens (tertiary/aromatic N) is 2. The Balaban J connectivity index is 1.92. The quantitative estimate of drug-likeness (QED) is 0.826. The van der Waals surface area contributed by atoms with E-state index >= 15 is 0 Å². The third-order valence-corrected chi connectivity index (χ3v) is 4.83. The number of primary amides is 1. The van der Waals surface area contributed by atoms with Crippen molar-refractivity contribution in [1.82, 2.24) is 15.1 Å². The number of likely N-dealkylation sites (N-methyl/N-ethyl adjacent to an activating group) is 1. The zero-order valence-electron chi connectivity index (χ0n) is 15.5. The first-order valence-electron chi connectivity index (χ1n) is 8.91. The second kappa shape index (κ2) is 8.85. The van der Waals surface area contributed by atoms with Crippen molar-refractivity contribution < 1.29 is 9.59 Å². The number of hydrogen-bond donors (Lipinski definition) is 2. The van der Waals surface area contributed by atoms with Crippen LogP contribution in [0.4, 0.5) is 4.79 Å². The Morgan fingerprint density at radius 2 is 2.00 bits per heavy atom. The fraction of sp³-hybridized carbons (Fsp3) is 0.579. The first-order chi connectivity index (χ1) is 11.9. The molecule has 1 aromatic carbocycles. The highest BCUT2D eigenvalue weighted by molar-refractivity contribution is 5.75. The molecule has 0 unspecified atom stereocenters. The van der Waals surface area contributed by atoms with Crippen LogP contribution in [0.1, 0.15) is 36.4 Å². The summed E-state index contributed by atoms with van der Waals surface area (Å²) in [5, 5.41) is 3.05. The number of nitrogens with one attached hydrogen (secondary N) is 1. The summed E-state index contributed by atoms with van der Waals surface area (Å²) in [6.07, 6.45) is 2.23. The summed E-state index contributed by atoms with van der Waals surface area (Å²) in [4.78, 5) is 27.5. The molecule has 1 aliphatic rings. The maximum absolute atomic E-state index is 12.5. The van der Waals surface area contributed by atoms with E-state index in [0.717, 1.165) is 19.4 Å². The van der Waals surface area contributed by atoms with E-state index in [4.69, 9.17) is 5.73 Å². The van der Waals surface area contributed by atoms with Crippen molar-refractivity contribution in [3.05, 3.63) is 35.4 Å². The van der Waals surface area contributed by atoms with E-state index in [1.54, 1.807) is 4.90 Å². The molecule has 1 fully saturated rings. The van der Waals surface area contributed by atoms with Gasteiger partial charge in [0.1, 0.15) is 0 Å². The topological polar surface area (TPSA) is 78.7 Å². The van der Waals surface area contributed by atoms with Crippen molar-refractivity contribution in [2.75, 3.05) is 33.7 Å². The van der Waals surface area contributed by atoms with Crippen molar-refractivity contribution in [2.24, 2.45) is 11.7 Å². The van der Waals surface area contributed by atoms with Crippen LogP contribution in [0.25, 0.3) is 0 Å². The summed E-state index contributed by atoms with van der Waals surface area (Å²) in [5.74, 6) is -0.113. The molecule has 0 radical (unpaired) electrons. The molecule has 3 N–H and O–H groups in total. The normalized spacial score (nSPS) is 18.9. The van der Waals surface area contributed by atoms with Gasteiger partial charge >= 0.3 is 6.03 Å². The fourth-order valence-corrected chi connectivity index (χ4v) is 3.38. The van der Waals surface area contributed by atoms with E-state index in [1.165, 1.54) is 11.1 Å². The Kier molecular flexibility index (Phi) is 6.82. The van der Waals surface area contributed by atoms with Crippen LogP contribution >= 0.6 is 0 Å².